The molecule has 0 saturated carbocycles. The Balaban J connectivity index is 2.50. The maximum absolute atomic E-state index is 6.22. The van der Waals surface area contributed by atoms with Crippen LogP contribution in [0.3, 0.4) is 0 Å². The zero-order chi connectivity index (χ0) is 14.3. The van der Waals surface area contributed by atoms with Crippen LogP contribution in [-0.2, 0) is 0 Å². The van der Waals surface area contributed by atoms with Gasteiger partial charge in [-0.05, 0) is 31.5 Å². The first-order valence-corrected chi connectivity index (χ1v) is 7.69. The normalized spacial score (nSPS) is 12.2. The Hall–Kier alpha value is -0.800. The van der Waals surface area contributed by atoms with Gasteiger partial charge in [0.15, 0.2) is 0 Å². The summed E-state index contributed by atoms with van der Waals surface area (Å²) in [5.74, 6) is 0. The predicted octanol–water partition coefficient (Wildman–Crippen LogP) is 4.75. The van der Waals surface area contributed by atoms with Gasteiger partial charge in [0, 0.05) is 11.6 Å². The monoisotopic (exact) mass is 298 g/mol. The maximum atomic E-state index is 6.22. The van der Waals surface area contributed by atoms with E-state index >= 15 is 0 Å². The van der Waals surface area contributed by atoms with Crippen molar-refractivity contribution in [1.29, 1.82) is 0 Å². The Morgan fingerprint density at radius 3 is 2.68 bits per heavy atom. The summed E-state index contributed by atoms with van der Waals surface area (Å²) in [6.07, 6.45) is 6.30. The van der Waals surface area contributed by atoms with Gasteiger partial charge < -0.3 is 11.1 Å². The van der Waals surface area contributed by atoms with Gasteiger partial charge in [-0.3, -0.25) is 0 Å². The Morgan fingerprint density at radius 2 is 2.11 bits per heavy atom. The Kier molecular flexibility index (Phi) is 7.17. The molecule has 2 nitrogen and oxygen atoms in total. The van der Waals surface area contributed by atoms with Gasteiger partial charge in [0.25, 0.3) is 0 Å². The van der Waals surface area contributed by atoms with Crippen molar-refractivity contribution in [2.75, 3.05) is 5.32 Å². The number of benzene rings is 1. The Morgan fingerprint density at radius 1 is 1.37 bits per heavy atom. The van der Waals surface area contributed by atoms with Gasteiger partial charge in [0.05, 0.1) is 10.7 Å². The van der Waals surface area contributed by atoms with Crippen molar-refractivity contribution in [2.45, 2.75) is 52.0 Å². The number of unbranched alkanes of at least 4 members (excludes halogenated alkanes) is 3. The van der Waals surface area contributed by atoms with Crippen LogP contribution >= 0.6 is 23.8 Å². The van der Waals surface area contributed by atoms with E-state index in [0.717, 1.165) is 17.7 Å². The van der Waals surface area contributed by atoms with Crippen LogP contribution in [-0.4, -0.2) is 11.0 Å². The molecule has 0 bridgehead atoms. The van der Waals surface area contributed by atoms with Crippen molar-refractivity contribution >= 4 is 34.5 Å². The molecule has 1 aromatic carbocycles. The highest BCUT2D eigenvalue weighted by Gasteiger charge is 2.07. The summed E-state index contributed by atoms with van der Waals surface area (Å²) in [5.41, 5.74) is 7.34. The Labute approximate surface area is 126 Å². The molecule has 0 fully saturated rings. The van der Waals surface area contributed by atoms with Crippen molar-refractivity contribution in [3.8, 4) is 0 Å². The molecular formula is C15H23ClN2S. The predicted molar refractivity (Wildman–Crippen MR) is 89.2 cm³/mol. The lowest BCUT2D eigenvalue weighted by molar-refractivity contribution is 0.594. The fourth-order valence-corrected chi connectivity index (χ4v) is 2.36. The van der Waals surface area contributed by atoms with Crippen molar-refractivity contribution in [3.63, 3.8) is 0 Å². The summed E-state index contributed by atoms with van der Waals surface area (Å²) < 4.78 is 0. The molecule has 4 heteroatoms. The van der Waals surface area contributed by atoms with Gasteiger partial charge in [-0.2, -0.15) is 0 Å². The SMILES string of the molecule is CCCCCCC(C)Nc1ccc(C(N)=S)cc1Cl. The largest absolute Gasteiger partial charge is 0.389 e. The van der Waals surface area contributed by atoms with Crippen LogP contribution in [0.4, 0.5) is 5.69 Å². The average molecular weight is 299 g/mol. The lowest BCUT2D eigenvalue weighted by Gasteiger charge is -2.16. The average Bonchev–Trinajstić information content (AvgIpc) is 2.37. The van der Waals surface area contributed by atoms with E-state index in [0.29, 0.717) is 16.1 Å². The fourth-order valence-electron chi connectivity index (χ4n) is 2.00. The number of nitrogens with two attached hydrogens (primary N) is 1. The minimum absolute atomic E-state index is 0.376. The molecule has 19 heavy (non-hydrogen) atoms. The molecule has 1 rings (SSSR count). The van der Waals surface area contributed by atoms with Gasteiger partial charge in [-0.1, -0.05) is 56.4 Å². The zero-order valence-electron chi connectivity index (χ0n) is 11.7. The van der Waals surface area contributed by atoms with Crippen molar-refractivity contribution in [3.05, 3.63) is 28.8 Å². The van der Waals surface area contributed by atoms with E-state index < -0.39 is 0 Å². The molecular weight excluding hydrogens is 276 g/mol. The number of rotatable bonds is 8. The topological polar surface area (TPSA) is 38.0 Å². The summed E-state index contributed by atoms with van der Waals surface area (Å²) >= 11 is 11.2. The highest BCUT2D eigenvalue weighted by Crippen LogP contribution is 2.24. The first-order valence-electron chi connectivity index (χ1n) is 6.90. The molecule has 106 valence electrons. The van der Waals surface area contributed by atoms with Crippen molar-refractivity contribution in [1.82, 2.24) is 0 Å². The highest BCUT2D eigenvalue weighted by molar-refractivity contribution is 7.80. The molecule has 0 aliphatic rings. The second-order valence-electron chi connectivity index (χ2n) is 4.95. The van der Waals surface area contributed by atoms with E-state index in [1.54, 1.807) is 0 Å². The number of hydrogen-bond acceptors (Lipinski definition) is 2. The second-order valence-corrected chi connectivity index (χ2v) is 5.80. The highest BCUT2D eigenvalue weighted by atomic mass is 35.5. The van der Waals surface area contributed by atoms with E-state index in [-0.39, 0.29) is 0 Å². The van der Waals surface area contributed by atoms with E-state index in [2.05, 4.69) is 19.2 Å². The quantitative estimate of drug-likeness (QED) is 0.537. The van der Waals surface area contributed by atoms with Gasteiger partial charge in [-0.25, -0.2) is 0 Å². The van der Waals surface area contributed by atoms with E-state index in [9.17, 15) is 0 Å². The molecule has 0 aromatic heterocycles. The summed E-state index contributed by atoms with van der Waals surface area (Å²) in [7, 11) is 0. The summed E-state index contributed by atoms with van der Waals surface area (Å²) in [6, 6.07) is 6.08. The molecule has 0 aliphatic heterocycles. The number of anilines is 1. The van der Waals surface area contributed by atoms with Gasteiger partial charge in [-0.15, -0.1) is 0 Å². The molecule has 1 aromatic rings. The van der Waals surface area contributed by atoms with Crippen LogP contribution in [0.2, 0.25) is 5.02 Å². The third-order valence-corrected chi connectivity index (χ3v) is 3.69. The molecule has 3 N–H and O–H groups in total. The molecule has 1 unspecified atom stereocenters. The number of hydrogen-bond donors (Lipinski definition) is 2. The van der Waals surface area contributed by atoms with Crippen molar-refractivity contribution in [2.24, 2.45) is 5.73 Å². The molecule has 1 atom stereocenters. The molecule has 0 amide bonds. The first kappa shape index (κ1) is 16.3. The van der Waals surface area contributed by atoms with Gasteiger partial charge in [0.2, 0.25) is 0 Å². The Bertz CT molecular complexity index is 421. The lowest BCUT2D eigenvalue weighted by atomic mass is 10.1. The van der Waals surface area contributed by atoms with Crippen LogP contribution < -0.4 is 11.1 Å². The number of nitrogens with one attached hydrogen (secondary N) is 1. The summed E-state index contributed by atoms with van der Waals surface area (Å²) in [6.45, 7) is 4.41. The third kappa shape index (κ3) is 5.79. The number of halogens is 1. The van der Waals surface area contributed by atoms with Crippen LogP contribution in [0.15, 0.2) is 18.2 Å². The second kappa shape index (κ2) is 8.39. The van der Waals surface area contributed by atoms with Crippen LogP contribution in [0, 0.1) is 0 Å². The first-order chi connectivity index (χ1) is 9.04. The maximum Gasteiger partial charge on any atom is 0.104 e. The van der Waals surface area contributed by atoms with Crippen molar-refractivity contribution < 1.29 is 0 Å². The lowest BCUT2D eigenvalue weighted by Crippen LogP contribution is -2.16. The van der Waals surface area contributed by atoms with E-state index in [1.165, 1.54) is 25.7 Å². The standard InChI is InChI=1S/C15H23ClN2S/c1-3-4-5-6-7-11(2)18-14-9-8-12(15(17)19)10-13(14)16/h8-11,18H,3-7H2,1-2H3,(H2,17,19). The molecule has 0 aliphatic carbocycles. The molecule has 0 spiro atoms. The zero-order valence-corrected chi connectivity index (χ0v) is 13.3. The van der Waals surface area contributed by atoms with E-state index in [4.69, 9.17) is 29.6 Å². The minimum Gasteiger partial charge on any atom is -0.389 e. The summed E-state index contributed by atoms with van der Waals surface area (Å²) in [5, 5.41) is 4.11. The number of thiocarbonyl (C=S) groups is 1. The molecule has 0 radical (unpaired) electrons. The minimum atomic E-state index is 0.376. The van der Waals surface area contributed by atoms with Gasteiger partial charge in [0.1, 0.15) is 4.99 Å². The van der Waals surface area contributed by atoms with E-state index in [1.807, 2.05) is 18.2 Å². The molecule has 0 saturated heterocycles. The summed E-state index contributed by atoms with van der Waals surface area (Å²) in [4.78, 5) is 0.376. The smallest absolute Gasteiger partial charge is 0.104 e. The van der Waals surface area contributed by atoms with Crippen LogP contribution in [0.1, 0.15) is 51.5 Å². The van der Waals surface area contributed by atoms with Crippen LogP contribution in [0.5, 0.6) is 0 Å². The van der Waals surface area contributed by atoms with Crippen LogP contribution in [0.25, 0.3) is 0 Å². The molecule has 0 heterocycles. The van der Waals surface area contributed by atoms with Gasteiger partial charge >= 0.3 is 0 Å². The fraction of sp³-hybridized carbons (Fsp3) is 0.533. The third-order valence-electron chi connectivity index (χ3n) is 3.15.